The van der Waals surface area contributed by atoms with Gasteiger partial charge in [-0.25, -0.2) is 0 Å². The SMILES string of the molecule is O=C(Oc1ccccc1)[C@]1(Cc2ccccc2)C(=O)N(Cc2ccccc2)c2ccccc21. The van der Waals surface area contributed by atoms with Crippen molar-refractivity contribution in [2.45, 2.75) is 18.4 Å². The molecule has 0 spiro atoms. The molecule has 0 saturated carbocycles. The minimum absolute atomic E-state index is 0.223. The van der Waals surface area contributed by atoms with E-state index in [1.807, 2.05) is 91.0 Å². The monoisotopic (exact) mass is 433 g/mol. The number of hydrogen-bond acceptors (Lipinski definition) is 3. The number of nitrogens with zero attached hydrogens (tertiary/aromatic N) is 1. The van der Waals surface area contributed by atoms with Gasteiger partial charge < -0.3 is 9.64 Å². The van der Waals surface area contributed by atoms with Gasteiger partial charge in [-0.2, -0.15) is 0 Å². The van der Waals surface area contributed by atoms with E-state index in [0.717, 1.165) is 16.8 Å². The molecule has 0 bridgehead atoms. The number of benzene rings is 4. The van der Waals surface area contributed by atoms with Crippen molar-refractivity contribution in [1.82, 2.24) is 0 Å². The van der Waals surface area contributed by atoms with Gasteiger partial charge in [-0.15, -0.1) is 0 Å². The van der Waals surface area contributed by atoms with Crippen molar-refractivity contribution < 1.29 is 14.3 Å². The Morgan fingerprint density at radius 1 is 0.697 bits per heavy atom. The van der Waals surface area contributed by atoms with Crippen molar-refractivity contribution in [2.24, 2.45) is 0 Å². The number of fused-ring (bicyclic) bond motifs is 1. The highest BCUT2D eigenvalue weighted by molar-refractivity contribution is 6.21. The molecule has 162 valence electrons. The number of anilines is 1. The Hall–Kier alpha value is -4.18. The van der Waals surface area contributed by atoms with E-state index in [4.69, 9.17) is 4.74 Å². The molecular weight excluding hydrogens is 410 g/mol. The predicted molar refractivity (Wildman–Crippen MR) is 128 cm³/mol. The number of hydrogen-bond donors (Lipinski definition) is 0. The zero-order chi connectivity index (χ0) is 22.7. The van der Waals surface area contributed by atoms with E-state index in [1.165, 1.54) is 0 Å². The van der Waals surface area contributed by atoms with E-state index < -0.39 is 11.4 Å². The zero-order valence-electron chi connectivity index (χ0n) is 18.1. The molecule has 5 rings (SSSR count). The van der Waals surface area contributed by atoms with Crippen LogP contribution in [-0.4, -0.2) is 11.9 Å². The first kappa shape index (κ1) is 20.7. The quantitative estimate of drug-likeness (QED) is 0.235. The smallest absolute Gasteiger partial charge is 0.332 e. The number of para-hydroxylation sites is 2. The summed E-state index contributed by atoms with van der Waals surface area (Å²) in [6.45, 7) is 0.381. The highest BCUT2D eigenvalue weighted by atomic mass is 16.5. The Morgan fingerprint density at radius 3 is 1.91 bits per heavy atom. The number of carbonyl (C=O) groups excluding carboxylic acids is 2. The Morgan fingerprint density at radius 2 is 1.24 bits per heavy atom. The maximum Gasteiger partial charge on any atom is 0.332 e. The lowest BCUT2D eigenvalue weighted by molar-refractivity contribution is -0.146. The summed E-state index contributed by atoms with van der Waals surface area (Å²) in [6, 6.07) is 35.9. The third kappa shape index (κ3) is 3.80. The molecular formula is C29H23NO3. The van der Waals surface area contributed by atoms with Crippen LogP contribution in [0.2, 0.25) is 0 Å². The number of rotatable bonds is 6. The van der Waals surface area contributed by atoms with Gasteiger partial charge in [0.05, 0.1) is 6.54 Å². The average Bonchev–Trinajstić information content (AvgIpc) is 3.09. The topological polar surface area (TPSA) is 46.6 Å². The van der Waals surface area contributed by atoms with Gasteiger partial charge in [-0.1, -0.05) is 97.1 Å². The summed E-state index contributed by atoms with van der Waals surface area (Å²) >= 11 is 0. The Bertz CT molecular complexity index is 1270. The molecule has 0 unspecified atom stereocenters. The van der Waals surface area contributed by atoms with Crippen LogP contribution in [0.4, 0.5) is 5.69 Å². The van der Waals surface area contributed by atoms with E-state index >= 15 is 0 Å². The lowest BCUT2D eigenvalue weighted by atomic mass is 9.76. The molecule has 4 aromatic rings. The minimum atomic E-state index is -1.47. The van der Waals surface area contributed by atoms with Crippen molar-refractivity contribution >= 4 is 17.6 Å². The standard InChI is InChI=1S/C29H23NO3/c31-27-29(20-22-12-4-1-5-13-22,28(32)33-24-16-8-3-9-17-24)25-18-10-11-19-26(25)30(27)21-23-14-6-2-7-15-23/h1-19H,20-21H2/t29-/m0/s1. The van der Waals surface area contributed by atoms with Crippen molar-refractivity contribution in [1.29, 1.82) is 0 Å². The molecule has 1 atom stereocenters. The molecule has 4 heteroatoms. The molecule has 4 nitrogen and oxygen atoms in total. The second-order valence-corrected chi connectivity index (χ2v) is 8.16. The summed E-state index contributed by atoms with van der Waals surface area (Å²) < 4.78 is 5.81. The van der Waals surface area contributed by atoms with Crippen LogP contribution in [0.5, 0.6) is 5.75 Å². The molecule has 1 aliphatic rings. The Kier molecular flexibility index (Phi) is 5.49. The lowest BCUT2D eigenvalue weighted by Gasteiger charge is -2.27. The molecule has 4 aromatic carbocycles. The van der Waals surface area contributed by atoms with Gasteiger partial charge in [-0.3, -0.25) is 9.59 Å². The fraction of sp³-hybridized carbons (Fsp3) is 0.103. The summed E-state index contributed by atoms with van der Waals surface area (Å²) in [5.74, 6) is -0.412. The fourth-order valence-corrected chi connectivity index (χ4v) is 4.47. The van der Waals surface area contributed by atoms with E-state index in [-0.39, 0.29) is 12.3 Å². The zero-order valence-corrected chi connectivity index (χ0v) is 18.1. The van der Waals surface area contributed by atoms with Crippen LogP contribution in [0.15, 0.2) is 115 Å². The second-order valence-electron chi connectivity index (χ2n) is 8.16. The first-order chi connectivity index (χ1) is 16.2. The summed E-state index contributed by atoms with van der Waals surface area (Å²) in [6.07, 6.45) is 0.223. The third-order valence-electron chi connectivity index (χ3n) is 6.06. The normalized spacial score (nSPS) is 17.0. The number of esters is 1. The first-order valence-corrected chi connectivity index (χ1v) is 10.9. The molecule has 0 saturated heterocycles. The van der Waals surface area contributed by atoms with Gasteiger partial charge in [0.25, 0.3) is 0 Å². The van der Waals surface area contributed by atoms with Gasteiger partial charge >= 0.3 is 5.97 Å². The Labute approximate surface area is 193 Å². The molecule has 0 radical (unpaired) electrons. The fourth-order valence-electron chi connectivity index (χ4n) is 4.47. The van der Waals surface area contributed by atoms with Crippen LogP contribution >= 0.6 is 0 Å². The summed E-state index contributed by atoms with van der Waals surface area (Å²) in [5.41, 5.74) is 1.84. The maximum absolute atomic E-state index is 14.1. The first-order valence-electron chi connectivity index (χ1n) is 10.9. The van der Waals surface area contributed by atoms with Gasteiger partial charge in [0, 0.05) is 17.7 Å². The number of carbonyl (C=O) groups is 2. The van der Waals surface area contributed by atoms with Crippen molar-refractivity contribution in [3.8, 4) is 5.75 Å². The van der Waals surface area contributed by atoms with Crippen molar-refractivity contribution in [3.63, 3.8) is 0 Å². The average molecular weight is 434 g/mol. The van der Waals surface area contributed by atoms with E-state index in [9.17, 15) is 9.59 Å². The third-order valence-corrected chi connectivity index (χ3v) is 6.06. The molecule has 0 N–H and O–H groups in total. The molecule has 0 aliphatic carbocycles. The van der Waals surface area contributed by atoms with Crippen molar-refractivity contribution in [2.75, 3.05) is 4.90 Å². The molecule has 1 aliphatic heterocycles. The Balaban J connectivity index is 1.62. The summed E-state index contributed by atoms with van der Waals surface area (Å²) in [4.78, 5) is 29.7. The molecule has 1 heterocycles. The van der Waals surface area contributed by atoms with E-state index in [0.29, 0.717) is 17.9 Å². The molecule has 0 fully saturated rings. The van der Waals surface area contributed by atoms with Crippen molar-refractivity contribution in [3.05, 3.63) is 132 Å². The van der Waals surface area contributed by atoms with Gasteiger partial charge in [-0.05, 0) is 29.3 Å². The van der Waals surface area contributed by atoms with Gasteiger partial charge in [0.1, 0.15) is 5.75 Å². The van der Waals surface area contributed by atoms with Crippen LogP contribution in [0.1, 0.15) is 16.7 Å². The maximum atomic E-state index is 14.1. The highest BCUT2D eigenvalue weighted by Crippen LogP contribution is 2.45. The van der Waals surface area contributed by atoms with E-state index in [2.05, 4.69) is 0 Å². The van der Waals surface area contributed by atoms with Gasteiger partial charge in [0.15, 0.2) is 5.41 Å². The minimum Gasteiger partial charge on any atom is -0.425 e. The van der Waals surface area contributed by atoms with Crippen LogP contribution in [0.3, 0.4) is 0 Å². The van der Waals surface area contributed by atoms with Crippen LogP contribution in [0.25, 0.3) is 0 Å². The summed E-state index contributed by atoms with van der Waals surface area (Å²) in [7, 11) is 0. The van der Waals surface area contributed by atoms with Crippen LogP contribution in [0, 0.1) is 0 Å². The largest absolute Gasteiger partial charge is 0.425 e. The molecule has 0 aromatic heterocycles. The number of ether oxygens (including phenoxy) is 1. The molecule has 1 amide bonds. The second kappa shape index (κ2) is 8.75. The number of amides is 1. The van der Waals surface area contributed by atoms with Crippen LogP contribution < -0.4 is 9.64 Å². The molecule has 33 heavy (non-hydrogen) atoms. The highest BCUT2D eigenvalue weighted by Gasteiger charge is 2.57. The van der Waals surface area contributed by atoms with Crippen LogP contribution in [-0.2, 0) is 28.0 Å². The predicted octanol–water partition coefficient (Wildman–Crippen LogP) is 5.32. The van der Waals surface area contributed by atoms with E-state index in [1.54, 1.807) is 29.2 Å². The lowest BCUT2D eigenvalue weighted by Crippen LogP contribution is -2.49. The van der Waals surface area contributed by atoms with Gasteiger partial charge in [0.2, 0.25) is 5.91 Å². The summed E-state index contributed by atoms with van der Waals surface area (Å²) in [5, 5.41) is 0.